The van der Waals surface area contributed by atoms with Crippen LogP contribution in [-0.4, -0.2) is 31.0 Å². The van der Waals surface area contributed by atoms with Gasteiger partial charge in [0.2, 0.25) is 5.91 Å². The second-order valence-corrected chi connectivity index (χ2v) is 5.99. The normalized spacial score (nSPS) is 14.6. The van der Waals surface area contributed by atoms with Crippen molar-refractivity contribution in [3.63, 3.8) is 0 Å². The zero-order valence-corrected chi connectivity index (χ0v) is 13.9. The van der Waals surface area contributed by atoms with Gasteiger partial charge in [-0.3, -0.25) is 9.59 Å². The molecule has 0 spiro atoms. The summed E-state index contributed by atoms with van der Waals surface area (Å²) in [5, 5.41) is 0. The summed E-state index contributed by atoms with van der Waals surface area (Å²) in [6.45, 7) is 2.81. The molecule has 1 aromatic carbocycles. The molecule has 0 N–H and O–H groups in total. The average molecular weight is 356 g/mol. The maximum atomic E-state index is 12.3. The minimum absolute atomic E-state index is 0.0424. The SMILES string of the molecule is COC(=O)C(C)CC(=O)N1Cc2cc(Br)c(OC)cc2C1. The minimum Gasteiger partial charge on any atom is -0.496 e. The summed E-state index contributed by atoms with van der Waals surface area (Å²) >= 11 is 3.45. The molecule has 0 radical (unpaired) electrons. The Kier molecular flexibility index (Phi) is 4.88. The van der Waals surface area contributed by atoms with E-state index in [9.17, 15) is 9.59 Å². The number of methoxy groups -OCH3 is 2. The zero-order chi connectivity index (χ0) is 15.6. The van der Waals surface area contributed by atoms with Crippen LogP contribution < -0.4 is 4.74 Å². The Hall–Kier alpha value is -1.56. The summed E-state index contributed by atoms with van der Waals surface area (Å²) < 4.78 is 10.8. The standard InChI is InChI=1S/C15H18BrNO4/c1-9(15(19)21-3)4-14(18)17-7-10-5-12(16)13(20-2)6-11(10)8-17/h5-6,9H,4,7-8H2,1-3H3. The molecule has 114 valence electrons. The van der Waals surface area contributed by atoms with Gasteiger partial charge in [-0.05, 0) is 39.2 Å². The second kappa shape index (κ2) is 6.47. The van der Waals surface area contributed by atoms with Crippen molar-refractivity contribution >= 4 is 27.8 Å². The van der Waals surface area contributed by atoms with Gasteiger partial charge in [0.1, 0.15) is 5.75 Å². The lowest BCUT2D eigenvalue weighted by Crippen LogP contribution is -2.29. The Morgan fingerprint density at radius 1 is 1.29 bits per heavy atom. The lowest BCUT2D eigenvalue weighted by molar-refractivity contribution is -0.148. The highest BCUT2D eigenvalue weighted by molar-refractivity contribution is 9.10. The monoisotopic (exact) mass is 355 g/mol. The number of hydrogen-bond acceptors (Lipinski definition) is 4. The first kappa shape index (κ1) is 15.8. The quantitative estimate of drug-likeness (QED) is 0.778. The van der Waals surface area contributed by atoms with E-state index in [0.717, 1.165) is 21.3 Å². The molecule has 0 fully saturated rings. The molecule has 0 bridgehead atoms. The van der Waals surface area contributed by atoms with Crippen LogP contribution in [0.5, 0.6) is 5.75 Å². The summed E-state index contributed by atoms with van der Waals surface area (Å²) in [5.74, 6) is -0.0675. The summed E-state index contributed by atoms with van der Waals surface area (Å²) in [6.07, 6.45) is 0.166. The lowest BCUT2D eigenvalue weighted by atomic mass is 10.1. The van der Waals surface area contributed by atoms with E-state index in [4.69, 9.17) is 4.74 Å². The van der Waals surface area contributed by atoms with Crippen LogP contribution in [0.1, 0.15) is 24.5 Å². The highest BCUT2D eigenvalue weighted by Gasteiger charge is 2.27. The molecule has 2 rings (SSSR count). The van der Waals surface area contributed by atoms with Gasteiger partial charge in [0.15, 0.2) is 0 Å². The van der Waals surface area contributed by atoms with Gasteiger partial charge in [0, 0.05) is 19.5 Å². The Morgan fingerprint density at radius 3 is 2.48 bits per heavy atom. The van der Waals surface area contributed by atoms with E-state index in [1.54, 1.807) is 18.9 Å². The van der Waals surface area contributed by atoms with E-state index in [-0.39, 0.29) is 18.3 Å². The van der Waals surface area contributed by atoms with Crippen molar-refractivity contribution in [2.75, 3.05) is 14.2 Å². The first-order valence-corrected chi connectivity index (χ1v) is 7.46. The Balaban J connectivity index is 2.05. The number of hydrogen-bond donors (Lipinski definition) is 0. The van der Waals surface area contributed by atoms with Crippen LogP contribution >= 0.6 is 15.9 Å². The third kappa shape index (κ3) is 3.37. The molecule has 1 heterocycles. The third-order valence-corrected chi connectivity index (χ3v) is 4.25. The van der Waals surface area contributed by atoms with Gasteiger partial charge in [0.05, 0.1) is 24.6 Å². The molecule has 1 amide bonds. The van der Waals surface area contributed by atoms with Gasteiger partial charge in [-0.2, -0.15) is 0 Å². The summed E-state index contributed by atoms with van der Waals surface area (Å²) in [6, 6.07) is 3.92. The molecule has 5 nitrogen and oxygen atoms in total. The molecule has 1 aliphatic heterocycles. The van der Waals surface area contributed by atoms with E-state index in [0.29, 0.717) is 13.1 Å². The Bertz CT molecular complexity index is 573. The van der Waals surface area contributed by atoms with Crippen molar-refractivity contribution < 1.29 is 19.1 Å². The van der Waals surface area contributed by atoms with E-state index < -0.39 is 5.92 Å². The maximum absolute atomic E-state index is 12.3. The number of amides is 1. The number of esters is 1. The molecular weight excluding hydrogens is 338 g/mol. The maximum Gasteiger partial charge on any atom is 0.308 e. The van der Waals surface area contributed by atoms with Crippen LogP contribution in [0.15, 0.2) is 16.6 Å². The number of nitrogens with zero attached hydrogens (tertiary/aromatic N) is 1. The number of benzene rings is 1. The van der Waals surface area contributed by atoms with Crippen molar-refractivity contribution in [3.8, 4) is 5.75 Å². The number of rotatable bonds is 4. The molecule has 0 aromatic heterocycles. The molecule has 1 aliphatic rings. The molecule has 1 aromatic rings. The van der Waals surface area contributed by atoms with Crippen LogP contribution in [0.2, 0.25) is 0 Å². The number of halogens is 1. The lowest BCUT2D eigenvalue weighted by Gasteiger charge is -2.17. The zero-order valence-electron chi connectivity index (χ0n) is 12.3. The van der Waals surface area contributed by atoms with Crippen LogP contribution in [0.3, 0.4) is 0 Å². The molecule has 6 heteroatoms. The van der Waals surface area contributed by atoms with Crippen LogP contribution in [0.25, 0.3) is 0 Å². The van der Waals surface area contributed by atoms with Crippen LogP contribution in [0.4, 0.5) is 0 Å². The highest BCUT2D eigenvalue weighted by Crippen LogP contribution is 2.33. The highest BCUT2D eigenvalue weighted by atomic mass is 79.9. The molecule has 21 heavy (non-hydrogen) atoms. The van der Waals surface area contributed by atoms with E-state index in [2.05, 4.69) is 20.7 Å². The summed E-state index contributed by atoms with van der Waals surface area (Å²) in [5.41, 5.74) is 2.18. The van der Waals surface area contributed by atoms with Gasteiger partial charge in [-0.1, -0.05) is 6.92 Å². The Labute approximate surface area is 132 Å². The minimum atomic E-state index is -0.424. The fraction of sp³-hybridized carbons (Fsp3) is 0.467. The van der Waals surface area contributed by atoms with Crippen molar-refractivity contribution in [1.82, 2.24) is 4.90 Å². The van der Waals surface area contributed by atoms with Gasteiger partial charge in [-0.15, -0.1) is 0 Å². The molecule has 1 unspecified atom stereocenters. The number of fused-ring (bicyclic) bond motifs is 1. The smallest absolute Gasteiger partial charge is 0.308 e. The van der Waals surface area contributed by atoms with Gasteiger partial charge >= 0.3 is 5.97 Å². The summed E-state index contributed by atoms with van der Waals surface area (Å²) in [7, 11) is 2.95. The van der Waals surface area contributed by atoms with Crippen LogP contribution in [0, 0.1) is 5.92 Å². The third-order valence-electron chi connectivity index (χ3n) is 3.63. The number of carbonyl (C=O) groups excluding carboxylic acids is 2. The molecular formula is C15H18BrNO4. The molecule has 1 atom stereocenters. The number of carbonyl (C=O) groups is 2. The molecule has 0 aliphatic carbocycles. The van der Waals surface area contributed by atoms with E-state index in [1.807, 2.05) is 12.1 Å². The fourth-order valence-corrected chi connectivity index (χ4v) is 2.96. The Morgan fingerprint density at radius 2 is 1.90 bits per heavy atom. The van der Waals surface area contributed by atoms with Crippen LogP contribution in [-0.2, 0) is 27.4 Å². The first-order chi connectivity index (χ1) is 9.96. The van der Waals surface area contributed by atoms with Crippen molar-refractivity contribution in [2.45, 2.75) is 26.4 Å². The number of ether oxygens (including phenoxy) is 2. The molecule has 0 saturated carbocycles. The largest absolute Gasteiger partial charge is 0.496 e. The average Bonchev–Trinajstić information content (AvgIpc) is 2.87. The fourth-order valence-electron chi connectivity index (χ4n) is 2.41. The predicted octanol–water partition coefficient (Wildman–Crippen LogP) is 2.50. The van der Waals surface area contributed by atoms with Gasteiger partial charge in [0.25, 0.3) is 0 Å². The predicted molar refractivity (Wildman–Crippen MR) is 80.7 cm³/mol. The topological polar surface area (TPSA) is 55.8 Å². The molecule has 0 saturated heterocycles. The first-order valence-electron chi connectivity index (χ1n) is 6.67. The van der Waals surface area contributed by atoms with Gasteiger partial charge in [-0.25, -0.2) is 0 Å². The van der Waals surface area contributed by atoms with Crippen molar-refractivity contribution in [3.05, 3.63) is 27.7 Å². The van der Waals surface area contributed by atoms with Crippen molar-refractivity contribution in [1.29, 1.82) is 0 Å². The van der Waals surface area contributed by atoms with E-state index >= 15 is 0 Å². The summed E-state index contributed by atoms with van der Waals surface area (Å²) in [4.78, 5) is 25.4. The van der Waals surface area contributed by atoms with E-state index in [1.165, 1.54) is 7.11 Å². The second-order valence-electron chi connectivity index (χ2n) is 5.13. The van der Waals surface area contributed by atoms with Crippen molar-refractivity contribution in [2.24, 2.45) is 5.92 Å². The van der Waals surface area contributed by atoms with Gasteiger partial charge < -0.3 is 14.4 Å².